The van der Waals surface area contributed by atoms with Crippen LogP contribution in [0.5, 0.6) is 0 Å². The van der Waals surface area contributed by atoms with E-state index in [1.807, 2.05) is 18.4 Å². The van der Waals surface area contributed by atoms with Crippen LogP contribution in [0.15, 0.2) is 17.2 Å². The summed E-state index contributed by atoms with van der Waals surface area (Å²) in [6.07, 6.45) is 4.67. The average Bonchev–Trinajstić information content (AvgIpc) is 2.78. The van der Waals surface area contributed by atoms with Gasteiger partial charge in [-0.25, -0.2) is 13.1 Å². The Bertz CT molecular complexity index is 586. The molecule has 1 saturated carbocycles. The second kappa shape index (κ2) is 6.10. The van der Waals surface area contributed by atoms with Crippen molar-refractivity contribution < 1.29 is 8.42 Å². The van der Waals surface area contributed by atoms with Gasteiger partial charge in [0.1, 0.15) is 0 Å². The first kappa shape index (κ1) is 16.5. The number of aryl methyl sites for hydroxylation is 1. The number of hydrogen-bond donors (Lipinski definition) is 2. The Morgan fingerprint density at radius 3 is 2.52 bits per heavy atom. The molecule has 1 aliphatic rings. The van der Waals surface area contributed by atoms with E-state index >= 15 is 0 Å². The van der Waals surface area contributed by atoms with Crippen LogP contribution in [0, 0.1) is 0 Å². The average molecular weight is 313 g/mol. The number of hydrogen-bond acceptors (Lipinski definition) is 3. The summed E-state index contributed by atoms with van der Waals surface area (Å²) < 4.78 is 29.9. The summed E-state index contributed by atoms with van der Waals surface area (Å²) in [5, 5.41) is 3.34. The Kier molecular flexibility index (Phi) is 4.80. The molecule has 0 bridgehead atoms. The number of sulfonamides is 1. The molecule has 6 heteroatoms. The van der Waals surface area contributed by atoms with Crippen molar-refractivity contribution in [2.24, 2.45) is 0 Å². The maximum atomic E-state index is 12.5. The van der Waals surface area contributed by atoms with Crippen molar-refractivity contribution in [1.29, 1.82) is 0 Å². The molecule has 0 atom stereocenters. The predicted molar refractivity (Wildman–Crippen MR) is 84.7 cm³/mol. The van der Waals surface area contributed by atoms with Gasteiger partial charge in [-0.3, -0.25) is 0 Å². The van der Waals surface area contributed by atoms with E-state index in [0.29, 0.717) is 17.5 Å². The molecule has 2 rings (SSSR count). The normalized spacial score (nSPS) is 18.0. The lowest BCUT2D eigenvalue weighted by molar-refractivity contribution is 0.248. The quantitative estimate of drug-likeness (QED) is 0.811. The summed E-state index contributed by atoms with van der Waals surface area (Å²) in [6, 6.07) is 2.15. The number of nitrogens with one attached hydrogen (secondary N) is 2. The Morgan fingerprint density at radius 1 is 1.38 bits per heavy atom. The van der Waals surface area contributed by atoms with Crippen LogP contribution in [0.25, 0.3) is 0 Å². The van der Waals surface area contributed by atoms with E-state index in [1.54, 1.807) is 12.3 Å². The van der Waals surface area contributed by atoms with E-state index in [2.05, 4.69) is 23.9 Å². The molecule has 21 heavy (non-hydrogen) atoms. The molecule has 1 heterocycles. The van der Waals surface area contributed by atoms with Gasteiger partial charge in [0.2, 0.25) is 10.0 Å². The Labute approximate surface area is 128 Å². The molecular weight excluding hydrogens is 286 g/mol. The molecular formula is C15H27N3O2S. The third-order valence-electron chi connectivity index (χ3n) is 4.14. The third-order valence-corrected chi connectivity index (χ3v) is 5.75. The van der Waals surface area contributed by atoms with Crippen molar-refractivity contribution >= 4 is 10.0 Å². The van der Waals surface area contributed by atoms with E-state index in [1.165, 1.54) is 0 Å². The van der Waals surface area contributed by atoms with Crippen molar-refractivity contribution in [2.75, 3.05) is 0 Å². The monoisotopic (exact) mass is 313 g/mol. The van der Waals surface area contributed by atoms with Crippen molar-refractivity contribution in [3.05, 3.63) is 18.0 Å². The summed E-state index contributed by atoms with van der Waals surface area (Å²) in [5.74, 6) is 0. The zero-order chi connectivity index (χ0) is 15.7. The third kappa shape index (κ3) is 3.87. The van der Waals surface area contributed by atoms with Gasteiger partial charge in [-0.05, 0) is 39.2 Å². The van der Waals surface area contributed by atoms with Crippen molar-refractivity contribution in [2.45, 2.75) is 76.5 Å². The first-order chi connectivity index (χ1) is 9.76. The molecule has 0 radical (unpaired) electrons. The molecule has 120 valence electrons. The summed E-state index contributed by atoms with van der Waals surface area (Å²) >= 11 is 0. The van der Waals surface area contributed by atoms with Crippen LogP contribution >= 0.6 is 0 Å². The van der Waals surface area contributed by atoms with Gasteiger partial charge in [0.05, 0.1) is 4.90 Å². The predicted octanol–water partition coefficient (Wildman–Crippen LogP) is 2.23. The highest BCUT2D eigenvalue weighted by atomic mass is 32.2. The number of aromatic nitrogens is 1. The Balaban J connectivity index is 2.19. The summed E-state index contributed by atoms with van der Waals surface area (Å²) in [4.78, 5) is 0.373. The number of rotatable bonds is 7. The largest absolute Gasteiger partial charge is 0.349 e. The lowest BCUT2D eigenvalue weighted by atomic mass is 9.80. The molecule has 0 unspecified atom stereocenters. The minimum atomic E-state index is -3.43. The van der Waals surface area contributed by atoms with Crippen LogP contribution in [0.4, 0.5) is 0 Å². The van der Waals surface area contributed by atoms with Crippen LogP contribution in [-0.2, 0) is 23.1 Å². The van der Waals surface area contributed by atoms with Gasteiger partial charge in [-0.15, -0.1) is 0 Å². The second-order valence-electron chi connectivity index (χ2n) is 6.51. The SMILES string of the molecule is CCn1cc(S(=O)(=O)NC2(C)CCC2)cc1CNC(C)C. The van der Waals surface area contributed by atoms with Gasteiger partial charge in [0, 0.05) is 36.6 Å². The lowest BCUT2D eigenvalue weighted by Crippen LogP contribution is -2.50. The van der Waals surface area contributed by atoms with Crippen LogP contribution in [-0.4, -0.2) is 24.6 Å². The number of nitrogens with zero attached hydrogens (tertiary/aromatic N) is 1. The van der Waals surface area contributed by atoms with Gasteiger partial charge in [-0.1, -0.05) is 13.8 Å². The fourth-order valence-corrected chi connectivity index (χ4v) is 4.14. The first-order valence-electron chi connectivity index (χ1n) is 7.72. The van der Waals surface area contributed by atoms with Gasteiger partial charge >= 0.3 is 0 Å². The summed E-state index contributed by atoms with van der Waals surface area (Å²) in [7, 11) is -3.43. The zero-order valence-electron chi connectivity index (χ0n) is 13.4. The maximum absolute atomic E-state index is 12.5. The van der Waals surface area contributed by atoms with Gasteiger partial charge in [0.15, 0.2) is 0 Å². The Hall–Kier alpha value is -0.850. The second-order valence-corrected chi connectivity index (χ2v) is 8.19. The highest BCUT2D eigenvalue weighted by Gasteiger charge is 2.36. The van der Waals surface area contributed by atoms with Gasteiger partial charge in [-0.2, -0.15) is 0 Å². The van der Waals surface area contributed by atoms with Gasteiger partial charge < -0.3 is 9.88 Å². The highest BCUT2D eigenvalue weighted by Crippen LogP contribution is 2.32. The smallest absolute Gasteiger partial charge is 0.242 e. The molecule has 1 aromatic heterocycles. The minimum absolute atomic E-state index is 0.260. The molecule has 0 amide bonds. The van der Waals surface area contributed by atoms with E-state index in [-0.39, 0.29) is 5.54 Å². The van der Waals surface area contributed by atoms with Crippen LogP contribution in [0.1, 0.15) is 52.7 Å². The molecule has 0 saturated heterocycles. The van der Waals surface area contributed by atoms with Gasteiger partial charge in [0.25, 0.3) is 0 Å². The standard InChI is InChI=1S/C15H27N3O2S/c1-5-18-11-14(9-13(18)10-16-12(2)3)21(19,20)17-15(4)7-6-8-15/h9,11-12,16-17H,5-8,10H2,1-4H3. The van der Waals surface area contributed by atoms with E-state index in [4.69, 9.17) is 0 Å². The first-order valence-corrected chi connectivity index (χ1v) is 9.20. The fraction of sp³-hybridized carbons (Fsp3) is 0.733. The molecule has 1 aliphatic carbocycles. The summed E-state index contributed by atoms with van der Waals surface area (Å²) in [6.45, 7) is 9.61. The Morgan fingerprint density at radius 2 is 2.05 bits per heavy atom. The van der Waals surface area contributed by atoms with E-state index in [0.717, 1.165) is 31.5 Å². The molecule has 0 aromatic carbocycles. The highest BCUT2D eigenvalue weighted by molar-refractivity contribution is 7.89. The van der Waals surface area contributed by atoms with Crippen LogP contribution in [0.2, 0.25) is 0 Å². The van der Waals surface area contributed by atoms with Crippen molar-refractivity contribution in [3.63, 3.8) is 0 Å². The zero-order valence-corrected chi connectivity index (χ0v) is 14.3. The lowest BCUT2D eigenvalue weighted by Gasteiger charge is -2.38. The molecule has 0 aliphatic heterocycles. The molecule has 1 fully saturated rings. The van der Waals surface area contributed by atoms with E-state index < -0.39 is 10.0 Å². The summed E-state index contributed by atoms with van der Waals surface area (Å²) in [5.41, 5.74) is 0.745. The van der Waals surface area contributed by atoms with Crippen LogP contribution < -0.4 is 10.0 Å². The molecule has 2 N–H and O–H groups in total. The molecule has 0 spiro atoms. The minimum Gasteiger partial charge on any atom is -0.349 e. The van der Waals surface area contributed by atoms with Crippen LogP contribution in [0.3, 0.4) is 0 Å². The van der Waals surface area contributed by atoms with Crippen molar-refractivity contribution in [1.82, 2.24) is 14.6 Å². The molecule has 5 nitrogen and oxygen atoms in total. The fourth-order valence-electron chi connectivity index (χ4n) is 2.62. The topological polar surface area (TPSA) is 63.1 Å². The maximum Gasteiger partial charge on any atom is 0.242 e. The molecule has 1 aromatic rings. The van der Waals surface area contributed by atoms with E-state index in [9.17, 15) is 8.42 Å². The van der Waals surface area contributed by atoms with Crippen molar-refractivity contribution in [3.8, 4) is 0 Å².